The molecular formula is C19H17N5O2S. The number of aromatic nitrogens is 3. The lowest BCUT2D eigenvalue weighted by Gasteiger charge is -2.24. The van der Waals surface area contributed by atoms with E-state index in [1.54, 1.807) is 23.2 Å². The molecule has 0 saturated heterocycles. The monoisotopic (exact) mass is 379 g/mol. The van der Waals surface area contributed by atoms with Crippen molar-refractivity contribution in [3.8, 4) is 11.9 Å². The number of fused-ring (bicyclic) bond motifs is 1. The van der Waals surface area contributed by atoms with Gasteiger partial charge < -0.3 is 9.64 Å². The van der Waals surface area contributed by atoms with E-state index in [-0.39, 0.29) is 12.0 Å². The van der Waals surface area contributed by atoms with Crippen LogP contribution in [-0.2, 0) is 13.1 Å². The number of amides is 1. The van der Waals surface area contributed by atoms with Gasteiger partial charge in [-0.3, -0.25) is 9.48 Å². The second kappa shape index (κ2) is 7.21. The fourth-order valence-corrected chi connectivity index (χ4v) is 3.87. The summed E-state index contributed by atoms with van der Waals surface area (Å²) in [5, 5.41) is 13.2. The van der Waals surface area contributed by atoms with E-state index < -0.39 is 0 Å². The number of rotatable bonds is 3. The zero-order valence-electron chi connectivity index (χ0n) is 14.7. The molecule has 0 N–H and O–H groups in total. The van der Waals surface area contributed by atoms with Crippen LogP contribution in [-0.4, -0.2) is 38.2 Å². The van der Waals surface area contributed by atoms with Crippen molar-refractivity contribution in [1.82, 2.24) is 19.7 Å². The highest BCUT2D eigenvalue weighted by Gasteiger charge is 2.28. The van der Waals surface area contributed by atoms with Gasteiger partial charge >= 0.3 is 0 Å². The van der Waals surface area contributed by atoms with Crippen molar-refractivity contribution in [1.29, 1.82) is 5.26 Å². The van der Waals surface area contributed by atoms with Crippen molar-refractivity contribution in [3.63, 3.8) is 0 Å². The molecule has 1 aliphatic rings. The molecule has 0 aliphatic carbocycles. The van der Waals surface area contributed by atoms with E-state index in [4.69, 9.17) is 10.00 Å². The van der Waals surface area contributed by atoms with Crippen LogP contribution < -0.4 is 4.74 Å². The minimum atomic E-state index is -0.295. The Balaban J connectivity index is 1.58. The lowest BCUT2D eigenvalue weighted by atomic mass is 10.3. The van der Waals surface area contributed by atoms with Crippen molar-refractivity contribution >= 4 is 17.2 Å². The van der Waals surface area contributed by atoms with Crippen LogP contribution in [0.4, 0.5) is 0 Å². The maximum Gasteiger partial charge on any atom is 0.264 e. The zero-order valence-corrected chi connectivity index (χ0v) is 15.5. The van der Waals surface area contributed by atoms with E-state index in [1.807, 2.05) is 35.9 Å². The first kappa shape index (κ1) is 17.2. The molecule has 7 nitrogen and oxygen atoms in total. The lowest BCUT2D eigenvalue weighted by Crippen LogP contribution is -2.38. The Morgan fingerprint density at radius 3 is 2.89 bits per heavy atom. The summed E-state index contributed by atoms with van der Waals surface area (Å²) in [5.74, 6) is 0.415. The number of nitriles is 1. The van der Waals surface area contributed by atoms with Crippen molar-refractivity contribution in [2.24, 2.45) is 0 Å². The number of nitrogens with zero attached hydrogens (tertiary/aromatic N) is 5. The number of hydrogen-bond acceptors (Lipinski definition) is 6. The standard InChI is InChI=1S/C19H17N5O2S/c1-13-2-4-17(27-13)19(25)23-10-15-6-7-22-24(15)12-16(11-23)26-18-5-3-14(8-20)9-21-18/h2-7,9,16H,10-12H2,1H3/t16-/m0/s1. The van der Waals surface area contributed by atoms with Crippen LogP contribution in [0.25, 0.3) is 0 Å². The fourth-order valence-electron chi connectivity index (χ4n) is 3.04. The summed E-state index contributed by atoms with van der Waals surface area (Å²) < 4.78 is 7.87. The number of carbonyl (C=O) groups excluding carboxylic acids is 1. The highest BCUT2D eigenvalue weighted by atomic mass is 32.1. The van der Waals surface area contributed by atoms with Crippen LogP contribution in [0.1, 0.15) is 25.8 Å². The van der Waals surface area contributed by atoms with E-state index in [1.165, 1.54) is 17.5 Å². The van der Waals surface area contributed by atoms with Crippen molar-refractivity contribution in [2.45, 2.75) is 26.1 Å². The summed E-state index contributed by atoms with van der Waals surface area (Å²) in [4.78, 5) is 20.8. The van der Waals surface area contributed by atoms with E-state index in [9.17, 15) is 4.79 Å². The number of ether oxygens (including phenoxy) is 1. The van der Waals surface area contributed by atoms with E-state index >= 15 is 0 Å². The van der Waals surface area contributed by atoms with Gasteiger partial charge in [0, 0.05) is 23.3 Å². The number of thiophene rings is 1. The summed E-state index contributed by atoms with van der Waals surface area (Å²) in [5.41, 5.74) is 1.44. The Bertz CT molecular complexity index is 1000. The lowest BCUT2D eigenvalue weighted by molar-refractivity contribution is 0.0649. The minimum absolute atomic E-state index is 0.0101. The normalized spacial score (nSPS) is 16.3. The number of aryl methyl sites for hydroxylation is 1. The summed E-state index contributed by atoms with van der Waals surface area (Å²) in [6, 6.07) is 11.1. The van der Waals surface area contributed by atoms with Crippen LogP contribution in [0.15, 0.2) is 42.7 Å². The van der Waals surface area contributed by atoms with E-state index in [0.717, 1.165) is 15.4 Å². The maximum absolute atomic E-state index is 13.0. The van der Waals surface area contributed by atoms with Gasteiger partial charge in [-0.2, -0.15) is 10.4 Å². The Kier molecular flexibility index (Phi) is 4.60. The van der Waals surface area contributed by atoms with Crippen LogP contribution in [0.5, 0.6) is 5.88 Å². The fraction of sp³-hybridized carbons (Fsp3) is 0.263. The van der Waals surface area contributed by atoms with Gasteiger partial charge in [0.1, 0.15) is 12.2 Å². The van der Waals surface area contributed by atoms with Crippen LogP contribution >= 0.6 is 11.3 Å². The summed E-state index contributed by atoms with van der Waals surface area (Å²) in [6.07, 6.45) is 2.91. The largest absolute Gasteiger partial charge is 0.470 e. The molecule has 4 heterocycles. The topological polar surface area (TPSA) is 84.0 Å². The van der Waals surface area contributed by atoms with Gasteiger partial charge in [-0.05, 0) is 31.2 Å². The SMILES string of the molecule is Cc1ccc(C(=O)N2Cc3ccnn3C[C@@H](Oc3ccc(C#N)cn3)C2)s1. The molecule has 0 fully saturated rings. The molecule has 136 valence electrons. The summed E-state index contributed by atoms with van der Waals surface area (Å²) in [7, 11) is 0. The van der Waals surface area contributed by atoms with Gasteiger partial charge in [0.25, 0.3) is 5.91 Å². The molecule has 3 aromatic rings. The predicted octanol–water partition coefficient (Wildman–Crippen LogP) is 2.62. The first-order valence-corrected chi connectivity index (χ1v) is 9.33. The van der Waals surface area contributed by atoms with Gasteiger partial charge in [0.2, 0.25) is 5.88 Å². The third-order valence-corrected chi connectivity index (χ3v) is 5.34. The van der Waals surface area contributed by atoms with Gasteiger partial charge in [-0.1, -0.05) is 0 Å². The Morgan fingerprint density at radius 2 is 2.19 bits per heavy atom. The maximum atomic E-state index is 13.0. The third kappa shape index (κ3) is 3.68. The highest BCUT2D eigenvalue weighted by molar-refractivity contribution is 7.13. The van der Waals surface area contributed by atoms with Crippen LogP contribution in [0.2, 0.25) is 0 Å². The summed E-state index contributed by atoms with van der Waals surface area (Å²) in [6.45, 7) is 3.43. The predicted molar refractivity (Wildman–Crippen MR) is 99.4 cm³/mol. The van der Waals surface area contributed by atoms with Gasteiger partial charge in [-0.15, -0.1) is 11.3 Å². The molecule has 27 heavy (non-hydrogen) atoms. The molecule has 8 heteroatoms. The van der Waals surface area contributed by atoms with Gasteiger partial charge in [-0.25, -0.2) is 4.98 Å². The second-order valence-electron chi connectivity index (χ2n) is 6.34. The zero-order chi connectivity index (χ0) is 18.8. The first-order valence-electron chi connectivity index (χ1n) is 8.51. The molecule has 0 radical (unpaired) electrons. The third-order valence-electron chi connectivity index (χ3n) is 4.35. The molecule has 1 aliphatic heterocycles. The number of carbonyl (C=O) groups is 1. The molecule has 3 aromatic heterocycles. The van der Waals surface area contributed by atoms with Crippen LogP contribution in [0.3, 0.4) is 0 Å². The van der Waals surface area contributed by atoms with Crippen molar-refractivity contribution < 1.29 is 9.53 Å². The first-order chi connectivity index (χ1) is 13.1. The van der Waals surface area contributed by atoms with E-state index in [0.29, 0.717) is 31.1 Å². The molecule has 0 bridgehead atoms. The molecule has 0 unspecified atom stereocenters. The number of hydrogen-bond donors (Lipinski definition) is 0. The Morgan fingerprint density at radius 1 is 1.30 bits per heavy atom. The van der Waals surface area contributed by atoms with Crippen molar-refractivity contribution in [2.75, 3.05) is 6.54 Å². The Labute approximate surface area is 160 Å². The molecular weight excluding hydrogens is 362 g/mol. The van der Waals surface area contributed by atoms with Crippen molar-refractivity contribution in [3.05, 3.63) is 63.7 Å². The molecule has 1 amide bonds. The molecule has 0 spiro atoms. The Hall–Kier alpha value is -3.18. The second-order valence-corrected chi connectivity index (χ2v) is 7.63. The molecule has 0 aromatic carbocycles. The minimum Gasteiger partial charge on any atom is -0.470 e. The molecule has 4 rings (SSSR count). The van der Waals surface area contributed by atoms with Crippen LogP contribution in [0, 0.1) is 18.3 Å². The van der Waals surface area contributed by atoms with E-state index in [2.05, 4.69) is 10.1 Å². The quantitative estimate of drug-likeness (QED) is 0.698. The smallest absolute Gasteiger partial charge is 0.264 e. The average Bonchev–Trinajstić information content (AvgIpc) is 3.26. The molecule has 0 saturated carbocycles. The number of pyridine rings is 1. The van der Waals surface area contributed by atoms with Gasteiger partial charge in [0.15, 0.2) is 0 Å². The van der Waals surface area contributed by atoms with Gasteiger partial charge in [0.05, 0.1) is 35.8 Å². The highest BCUT2D eigenvalue weighted by Crippen LogP contribution is 2.22. The average molecular weight is 379 g/mol. The molecule has 1 atom stereocenters. The summed E-state index contributed by atoms with van der Waals surface area (Å²) >= 11 is 1.49.